The van der Waals surface area contributed by atoms with Crippen molar-refractivity contribution in [1.82, 2.24) is 14.3 Å². The first-order chi connectivity index (χ1) is 15.3. The fourth-order valence-corrected chi connectivity index (χ4v) is 4.54. The van der Waals surface area contributed by atoms with Crippen LogP contribution < -0.4 is 20.7 Å². The number of carbonyl (C=O) groups excluding carboxylic acids is 1. The van der Waals surface area contributed by atoms with E-state index in [9.17, 15) is 13.2 Å². The van der Waals surface area contributed by atoms with Crippen LogP contribution in [-0.2, 0) is 14.8 Å². The molecular weight excluding hydrogens is 500 g/mol. The maximum Gasteiger partial charge on any atom is 0.262 e. The van der Waals surface area contributed by atoms with Crippen LogP contribution in [0, 0.1) is 0 Å². The average molecular weight is 527 g/mol. The lowest BCUT2D eigenvalue weighted by Crippen LogP contribution is -2.42. The van der Waals surface area contributed by atoms with Crippen LogP contribution >= 0.6 is 15.9 Å². The van der Waals surface area contributed by atoms with Gasteiger partial charge in [0.15, 0.2) is 12.4 Å². The first kappa shape index (κ1) is 24.2. The minimum absolute atomic E-state index is 0.0460. The summed E-state index contributed by atoms with van der Waals surface area (Å²) < 4.78 is 31.0. The number of hydrogen-bond acceptors (Lipinski definition) is 8. The Hall–Kier alpha value is -2.44. The summed E-state index contributed by atoms with van der Waals surface area (Å²) in [5, 5.41) is 9.27. The van der Waals surface area contributed by atoms with E-state index in [1.54, 1.807) is 18.3 Å². The number of nitrogens with one attached hydrogen (secondary N) is 3. The summed E-state index contributed by atoms with van der Waals surface area (Å²) in [6.07, 6.45) is 4.22. The molecule has 1 aromatic carbocycles. The van der Waals surface area contributed by atoms with Gasteiger partial charge in [-0.05, 0) is 40.9 Å². The number of carbonyl (C=O) groups is 1. The summed E-state index contributed by atoms with van der Waals surface area (Å²) in [5.41, 5.74) is 1.26. The van der Waals surface area contributed by atoms with Crippen molar-refractivity contribution in [3.63, 3.8) is 0 Å². The molecule has 32 heavy (non-hydrogen) atoms. The molecule has 2 aliphatic rings. The highest BCUT2D eigenvalue weighted by Crippen LogP contribution is 2.38. The Balaban J connectivity index is 0.00000141. The van der Waals surface area contributed by atoms with E-state index in [4.69, 9.17) is 4.74 Å². The Labute approximate surface area is 196 Å². The third-order valence-electron chi connectivity index (χ3n) is 4.89. The van der Waals surface area contributed by atoms with E-state index in [0.29, 0.717) is 59.3 Å². The second-order valence-corrected chi connectivity index (χ2v) is 9.95. The number of hydrogen-bond donors (Lipinski definition) is 3. The summed E-state index contributed by atoms with van der Waals surface area (Å²) in [6, 6.07) is 5.49. The van der Waals surface area contributed by atoms with Crippen LogP contribution in [-0.4, -0.2) is 60.6 Å². The summed E-state index contributed by atoms with van der Waals surface area (Å²) in [6.45, 7) is 4.89. The highest BCUT2D eigenvalue weighted by molar-refractivity contribution is 9.10. The van der Waals surface area contributed by atoms with Crippen LogP contribution in [0.5, 0.6) is 5.75 Å². The van der Waals surface area contributed by atoms with Crippen molar-refractivity contribution in [3.8, 4) is 5.75 Å². The van der Waals surface area contributed by atoms with Gasteiger partial charge < -0.3 is 20.7 Å². The molecule has 1 saturated heterocycles. The number of anilines is 4. The standard InChI is InChI=1S/C18H21BrN6O4S.C2H6/c1-30(27,28)25-7-5-11(6-8-25)21-18-20-9-12(19)17(24-18)23-14-4-2-3-13-16(14)29-10-15(26)22-13;1-2/h2-4,9,11H,5-8,10H2,1H3,(H,22,26)(H2,20,21,23,24);1-2H3. The predicted molar refractivity (Wildman–Crippen MR) is 128 cm³/mol. The largest absolute Gasteiger partial charge is 0.479 e. The topological polar surface area (TPSA) is 126 Å². The number of benzene rings is 1. The van der Waals surface area contributed by atoms with Crippen molar-refractivity contribution < 1.29 is 17.9 Å². The molecule has 0 saturated carbocycles. The van der Waals surface area contributed by atoms with Crippen LogP contribution in [0.2, 0.25) is 0 Å². The first-order valence-electron chi connectivity index (χ1n) is 10.4. The maximum absolute atomic E-state index is 11.7. The second-order valence-electron chi connectivity index (χ2n) is 7.11. The lowest BCUT2D eigenvalue weighted by molar-refractivity contribution is -0.118. The Bertz CT molecular complexity index is 1070. The number of aromatic nitrogens is 2. The number of sulfonamides is 1. The zero-order valence-corrected chi connectivity index (χ0v) is 20.6. The van der Waals surface area contributed by atoms with Crippen molar-refractivity contribution in [2.45, 2.75) is 32.7 Å². The number of piperidine rings is 1. The molecule has 0 unspecified atom stereocenters. The van der Waals surface area contributed by atoms with Gasteiger partial charge in [0.1, 0.15) is 5.82 Å². The Kier molecular flexibility index (Phi) is 7.91. The van der Waals surface area contributed by atoms with Gasteiger partial charge in [0, 0.05) is 25.3 Å². The third kappa shape index (κ3) is 5.87. The highest BCUT2D eigenvalue weighted by Gasteiger charge is 2.25. The van der Waals surface area contributed by atoms with Gasteiger partial charge in [0.25, 0.3) is 5.91 Å². The molecule has 3 heterocycles. The minimum atomic E-state index is -3.16. The predicted octanol–water partition coefficient (Wildman–Crippen LogP) is 3.18. The van der Waals surface area contributed by atoms with Gasteiger partial charge in [-0.2, -0.15) is 4.98 Å². The summed E-state index contributed by atoms with van der Waals surface area (Å²) >= 11 is 3.45. The van der Waals surface area contributed by atoms with Gasteiger partial charge in [-0.25, -0.2) is 17.7 Å². The molecule has 12 heteroatoms. The molecule has 0 radical (unpaired) electrons. The van der Waals surface area contributed by atoms with Crippen LogP contribution in [0.3, 0.4) is 0 Å². The van der Waals surface area contributed by atoms with Gasteiger partial charge in [-0.3, -0.25) is 4.79 Å². The van der Waals surface area contributed by atoms with E-state index in [1.807, 2.05) is 19.9 Å². The van der Waals surface area contributed by atoms with Crippen LogP contribution in [0.4, 0.5) is 23.1 Å². The maximum atomic E-state index is 11.7. The highest BCUT2D eigenvalue weighted by atomic mass is 79.9. The van der Waals surface area contributed by atoms with Crippen LogP contribution in [0.25, 0.3) is 0 Å². The summed E-state index contributed by atoms with van der Waals surface area (Å²) in [7, 11) is -3.16. The van der Waals surface area contributed by atoms with Gasteiger partial charge >= 0.3 is 0 Å². The number of ether oxygens (including phenoxy) is 1. The average Bonchev–Trinajstić information content (AvgIpc) is 2.77. The molecule has 1 amide bonds. The normalized spacial score (nSPS) is 16.7. The number of amides is 1. The molecule has 0 aliphatic carbocycles. The van der Waals surface area contributed by atoms with E-state index in [0.717, 1.165) is 0 Å². The van der Waals surface area contributed by atoms with E-state index in [2.05, 4.69) is 41.8 Å². The van der Waals surface area contributed by atoms with Crippen molar-refractivity contribution in [3.05, 3.63) is 28.9 Å². The number of rotatable bonds is 5. The Morgan fingerprint density at radius 1 is 1.25 bits per heavy atom. The fraction of sp³-hybridized carbons (Fsp3) is 0.450. The lowest BCUT2D eigenvalue weighted by atomic mass is 10.1. The zero-order chi connectivity index (χ0) is 23.3. The second kappa shape index (κ2) is 10.5. The minimum Gasteiger partial charge on any atom is -0.479 e. The molecule has 2 aromatic rings. The number of halogens is 1. The molecule has 0 bridgehead atoms. The van der Waals surface area contributed by atoms with Gasteiger partial charge in [-0.1, -0.05) is 19.9 Å². The van der Waals surface area contributed by atoms with E-state index < -0.39 is 10.0 Å². The number of para-hydroxylation sites is 1. The quantitative estimate of drug-likeness (QED) is 0.542. The smallest absolute Gasteiger partial charge is 0.262 e. The molecule has 3 N–H and O–H groups in total. The summed E-state index contributed by atoms with van der Waals surface area (Å²) in [5.74, 6) is 1.33. The number of nitrogens with zero attached hydrogens (tertiary/aromatic N) is 3. The van der Waals surface area contributed by atoms with E-state index >= 15 is 0 Å². The molecule has 0 atom stereocenters. The molecule has 174 valence electrons. The molecule has 1 aromatic heterocycles. The van der Waals surface area contributed by atoms with Gasteiger partial charge in [0.05, 0.1) is 22.1 Å². The van der Waals surface area contributed by atoms with Crippen LogP contribution in [0.1, 0.15) is 26.7 Å². The van der Waals surface area contributed by atoms with E-state index in [1.165, 1.54) is 10.6 Å². The van der Waals surface area contributed by atoms with Crippen molar-refractivity contribution in [2.24, 2.45) is 0 Å². The van der Waals surface area contributed by atoms with Crippen molar-refractivity contribution in [1.29, 1.82) is 0 Å². The molecule has 10 nitrogen and oxygen atoms in total. The molecule has 4 rings (SSSR count). The number of fused-ring (bicyclic) bond motifs is 1. The Morgan fingerprint density at radius 3 is 2.66 bits per heavy atom. The third-order valence-corrected chi connectivity index (χ3v) is 6.77. The van der Waals surface area contributed by atoms with E-state index in [-0.39, 0.29) is 18.6 Å². The summed E-state index contributed by atoms with van der Waals surface area (Å²) in [4.78, 5) is 20.4. The van der Waals surface area contributed by atoms with Crippen molar-refractivity contribution in [2.75, 3.05) is 41.9 Å². The van der Waals surface area contributed by atoms with Gasteiger partial charge in [-0.15, -0.1) is 0 Å². The molecule has 2 aliphatic heterocycles. The van der Waals surface area contributed by atoms with Crippen LogP contribution in [0.15, 0.2) is 28.9 Å². The fourth-order valence-electron chi connectivity index (χ4n) is 3.38. The Morgan fingerprint density at radius 2 is 1.97 bits per heavy atom. The van der Waals surface area contributed by atoms with Crippen molar-refractivity contribution >= 4 is 55.0 Å². The molecule has 0 spiro atoms. The molecule has 1 fully saturated rings. The van der Waals surface area contributed by atoms with Gasteiger partial charge in [0.2, 0.25) is 16.0 Å². The zero-order valence-electron chi connectivity index (χ0n) is 18.2. The molecular formula is C20H27BrN6O4S. The monoisotopic (exact) mass is 526 g/mol. The first-order valence-corrected chi connectivity index (χ1v) is 13.0. The lowest BCUT2D eigenvalue weighted by Gasteiger charge is -2.30. The SMILES string of the molecule is CC.CS(=O)(=O)N1CCC(Nc2ncc(Br)c(Nc3cccc4c3OCC(=O)N4)n2)CC1.